The molecule has 0 amide bonds. The molecule has 0 saturated carbocycles. The lowest BCUT2D eigenvalue weighted by molar-refractivity contribution is -0.384. The van der Waals surface area contributed by atoms with E-state index in [1.807, 2.05) is 60.7 Å². The molecular formula is C21H14ClNO2S2. The number of fused-ring (bicyclic) bond motifs is 1. The summed E-state index contributed by atoms with van der Waals surface area (Å²) in [5.74, 6) is 0.726. The smallest absolute Gasteiger partial charge is 0.258 e. The van der Waals surface area contributed by atoms with E-state index >= 15 is 0 Å². The first-order valence-corrected chi connectivity index (χ1v) is 10.4. The molecule has 0 spiro atoms. The number of benzene rings is 3. The number of thioether (sulfide) groups is 1. The maximum absolute atomic E-state index is 11.4. The van der Waals surface area contributed by atoms with Gasteiger partial charge < -0.3 is 0 Å². The zero-order valence-corrected chi connectivity index (χ0v) is 16.5. The van der Waals surface area contributed by atoms with Gasteiger partial charge in [-0.3, -0.25) is 10.1 Å². The fraction of sp³-hybridized carbons (Fsp3) is 0.0476. The number of non-ortho nitro benzene ring substituents is 1. The predicted octanol–water partition coefficient (Wildman–Crippen LogP) is 7.42. The molecule has 3 aromatic carbocycles. The zero-order chi connectivity index (χ0) is 18.8. The van der Waals surface area contributed by atoms with Crippen LogP contribution in [-0.2, 0) is 5.75 Å². The first-order chi connectivity index (χ1) is 13.1. The van der Waals surface area contributed by atoms with E-state index < -0.39 is 0 Å². The van der Waals surface area contributed by atoms with Gasteiger partial charge in [0.15, 0.2) is 0 Å². The minimum atomic E-state index is -0.345. The van der Waals surface area contributed by atoms with Gasteiger partial charge in [-0.2, -0.15) is 0 Å². The van der Waals surface area contributed by atoms with Crippen LogP contribution in [0.2, 0.25) is 5.02 Å². The summed E-state index contributed by atoms with van der Waals surface area (Å²) >= 11 is 9.81. The molecule has 3 nitrogen and oxygen atoms in total. The third-order valence-electron chi connectivity index (χ3n) is 4.17. The van der Waals surface area contributed by atoms with E-state index in [2.05, 4.69) is 0 Å². The summed E-state index contributed by atoms with van der Waals surface area (Å²) in [6.45, 7) is 0. The van der Waals surface area contributed by atoms with Crippen LogP contribution in [0.25, 0.3) is 20.5 Å². The Morgan fingerprint density at radius 3 is 2.33 bits per heavy atom. The van der Waals surface area contributed by atoms with Gasteiger partial charge in [0.1, 0.15) is 0 Å². The SMILES string of the molecule is O=[N+]([O-])c1cc(SCc2ccccc2)c2c(Cl)c(-c3ccccc3)sc2c1. The molecule has 0 aliphatic carbocycles. The van der Waals surface area contributed by atoms with Gasteiger partial charge in [0.05, 0.1) is 14.8 Å². The van der Waals surface area contributed by atoms with E-state index in [4.69, 9.17) is 11.6 Å². The summed E-state index contributed by atoms with van der Waals surface area (Å²) in [7, 11) is 0. The van der Waals surface area contributed by atoms with E-state index in [9.17, 15) is 10.1 Å². The Morgan fingerprint density at radius 2 is 1.67 bits per heavy atom. The van der Waals surface area contributed by atoms with Crippen molar-refractivity contribution in [2.24, 2.45) is 0 Å². The molecule has 0 bridgehead atoms. The lowest BCUT2D eigenvalue weighted by Gasteiger charge is -2.05. The molecule has 0 atom stereocenters. The van der Waals surface area contributed by atoms with Crippen molar-refractivity contribution in [3.05, 3.63) is 93.5 Å². The van der Waals surface area contributed by atoms with Crippen molar-refractivity contribution < 1.29 is 4.92 Å². The number of hydrogen-bond acceptors (Lipinski definition) is 4. The van der Waals surface area contributed by atoms with E-state index in [-0.39, 0.29) is 10.6 Å². The number of hydrogen-bond donors (Lipinski definition) is 0. The maximum atomic E-state index is 11.4. The van der Waals surface area contributed by atoms with Crippen LogP contribution in [0.4, 0.5) is 5.69 Å². The topological polar surface area (TPSA) is 43.1 Å². The molecule has 0 unspecified atom stereocenters. The third kappa shape index (κ3) is 3.72. The molecular weight excluding hydrogens is 398 g/mol. The highest BCUT2D eigenvalue weighted by molar-refractivity contribution is 7.98. The molecule has 0 aliphatic heterocycles. The van der Waals surface area contributed by atoms with Gasteiger partial charge in [-0.25, -0.2) is 0 Å². The Labute approximate surface area is 169 Å². The first-order valence-electron chi connectivity index (χ1n) is 8.26. The third-order valence-corrected chi connectivity index (χ3v) is 6.95. The molecule has 0 N–H and O–H groups in total. The first kappa shape index (κ1) is 18.0. The number of thiophene rings is 1. The summed E-state index contributed by atoms with van der Waals surface area (Å²) in [6, 6.07) is 23.2. The standard InChI is InChI=1S/C21H14ClNO2S2/c22-20-19-17(26-13-14-7-3-1-4-8-14)11-16(23(24)25)12-18(19)27-21(20)15-9-5-2-6-10-15/h1-12H,13H2. The fourth-order valence-corrected chi connectivity index (χ4v) is 5.71. The van der Waals surface area contributed by atoms with Gasteiger partial charge in [0.25, 0.3) is 5.69 Å². The van der Waals surface area contributed by atoms with Crippen LogP contribution in [0.5, 0.6) is 0 Å². The second kappa shape index (κ2) is 7.72. The van der Waals surface area contributed by atoms with Gasteiger partial charge in [-0.1, -0.05) is 72.3 Å². The van der Waals surface area contributed by atoms with Crippen LogP contribution in [0.1, 0.15) is 5.56 Å². The lowest BCUT2D eigenvalue weighted by atomic mass is 10.1. The Balaban J connectivity index is 1.83. The quantitative estimate of drug-likeness (QED) is 0.195. The molecule has 6 heteroatoms. The summed E-state index contributed by atoms with van der Waals surface area (Å²) < 4.78 is 0.837. The molecule has 0 saturated heterocycles. The number of nitrogens with zero attached hydrogens (tertiary/aromatic N) is 1. The molecule has 0 aliphatic rings. The molecule has 0 fully saturated rings. The van der Waals surface area contributed by atoms with Crippen molar-refractivity contribution >= 4 is 50.5 Å². The highest BCUT2D eigenvalue weighted by Gasteiger charge is 2.20. The van der Waals surface area contributed by atoms with E-state index in [1.54, 1.807) is 23.9 Å². The molecule has 27 heavy (non-hydrogen) atoms. The Bertz CT molecular complexity index is 1110. The van der Waals surface area contributed by atoms with Crippen LogP contribution < -0.4 is 0 Å². The number of rotatable bonds is 5. The highest BCUT2D eigenvalue weighted by Crippen LogP contribution is 2.47. The van der Waals surface area contributed by atoms with Gasteiger partial charge in [-0.15, -0.1) is 23.1 Å². The van der Waals surface area contributed by atoms with Crippen molar-refractivity contribution in [1.82, 2.24) is 0 Å². The van der Waals surface area contributed by atoms with Crippen molar-refractivity contribution in [3.8, 4) is 10.4 Å². The van der Waals surface area contributed by atoms with Crippen LogP contribution in [0.3, 0.4) is 0 Å². The molecule has 0 radical (unpaired) electrons. The second-order valence-electron chi connectivity index (χ2n) is 5.96. The maximum Gasteiger partial charge on any atom is 0.272 e. The second-order valence-corrected chi connectivity index (χ2v) is 8.41. The van der Waals surface area contributed by atoms with Crippen molar-refractivity contribution in [2.45, 2.75) is 10.6 Å². The molecule has 1 heterocycles. The molecule has 1 aromatic heterocycles. The summed E-state index contributed by atoms with van der Waals surface area (Å²) in [4.78, 5) is 12.8. The van der Waals surface area contributed by atoms with Crippen molar-refractivity contribution in [1.29, 1.82) is 0 Å². The van der Waals surface area contributed by atoms with Crippen LogP contribution in [0, 0.1) is 10.1 Å². The predicted molar refractivity (Wildman–Crippen MR) is 115 cm³/mol. The zero-order valence-electron chi connectivity index (χ0n) is 14.1. The fourth-order valence-electron chi connectivity index (χ4n) is 2.87. The average molecular weight is 412 g/mol. The Kier molecular flexibility index (Phi) is 5.16. The van der Waals surface area contributed by atoms with Gasteiger partial charge >= 0.3 is 0 Å². The minimum Gasteiger partial charge on any atom is -0.258 e. The highest BCUT2D eigenvalue weighted by atomic mass is 35.5. The number of nitro groups is 1. The van der Waals surface area contributed by atoms with Gasteiger partial charge in [0.2, 0.25) is 0 Å². The average Bonchev–Trinajstić information content (AvgIpc) is 3.04. The van der Waals surface area contributed by atoms with Crippen molar-refractivity contribution in [3.63, 3.8) is 0 Å². The minimum absolute atomic E-state index is 0.0931. The lowest BCUT2D eigenvalue weighted by Crippen LogP contribution is -1.89. The summed E-state index contributed by atoms with van der Waals surface area (Å²) in [6.07, 6.45) is 0. The van der Waals surface area contributed by atoms with Gasteiger partial charge in [0, 0.05) is 32.9 Å². The van der Waals surface area contributed by atoms with Gasteiger partial charge in [-0.05, 0) is 11.1 Å². The van der Waals surface area contributed by atoms with E-state index in [0.717, 1.165) is 36.7 Å². The number of halogens is 1. The Morgan fingerprint density at radius 1 is 1.00 bits per heavy atom. The molecule has 134 valence electrons. The normalized spacial score (nSPS) is 11.0. The van der Waals surface area contributed by atoms with E-state index in [0.29, 0.717) is 5.02 Å². The molecule has 4 rings (SSSR count). The summed E-state index contributed by atoms with van der Waals surface area (Å²) in [5, 5.41) is 13.0. The largest absolute Gasteiger partial charge is 0.272 e. The monoisotopic (exact) mass is 411 g/mol. The van der Waals surface area contributed by atoms with Crippen LogP contribution >= 0.6 is 34.7 Å². The Hall–Kier alpha value is -2.34. The van der Waals surface area contributed by atoms with Crippen LogP contribution in [-0.4, -0.2) is 4.92 Å². The van der Waals surface area contributed by atoms with Crippen LogP contribution in [0.15, 0.2) is 77.7 Å². The van der Waals surface area contributed by atoms with Crippen molar-refractivity contribution in [2.75, 3.05) is 0 Å². The molecule has 4 aromatic rings. The van der Waals surface area contributed by atoms with E-state index in [1.165, 1.54) is 11.3 Å². The summed E-state index contributed by atoms with van der Waals surface area (Å²) in [5.41, 5.74) is 2.28. The number of nitro benzene ring substituents is 1.